The van der Waals surface area contributed by atoms with Gasteiger partial charge in [-0.15, -0.1) is 0 Å². The quantitative estimate of drug-likeness (QED) is 0.744. The molecule has 1 aromatic carbocycles. The van der Waals surface area contributed by atoms with Gasteiger partial charge in [-0.25, -0.2) is 0 Å². The van der Waals surface area contributed by atoms with E-state index in [1.54, 1.807) is 12.1 Å². The van der Waals surface area contributed by atoms with Gasteiger partial charge in [0.15, 0.2) is 0 Å². The maximum absolute atomic E-state index is 11.5. The average Bonchev–Trinajstić information content (AvgIpc) is 3.09. The Bertz CT molecular complexity index is 412. The van der Waals surface area contributed by atoms with E-state index in [9.17, 15) is 9.90 Å². The molecule has 4 heteroatoms. The summed E-state index contributed by atoms with van der Waals surface area (Å²) in [6, 6.07) is 6.30. The molecule has 4 nitrogen and oxygen atoms in total. The van der Waals surface area contributed by atoms with Crippen LogP contribution in [0.4, 0.5) is 0 Å². The average molecular weight is 221 g/mol. The summed E-state index contributed by atoms with van der Waals surface area (Å²) in [6.45, 7) is 0. The topological polar surface area (TPSA) is 72.5 Å². The van der Waals surface area contributed by atoms with E-state index >= 15 is 0 Å². The molecule has 86 valence electrons. The number of phenols is 1. The molecule has 0 bridgehead atoms. The SMILES string of the molecule is COC(=O)C(N)C1(c2ccccc2O)CC1. The first-order valence-corrected chi connectivity index (χ1v) is 5.24. The molecule has 16 heavy (non-hydrogen) atoms. The number of hydrogen-bond acceptors (Lipinski definition) is 4. The van der Waals surface area contributed by atoms with E-state index in [1.807, 2.05) is 12.1 Å². The van der Waals surface area contributed by atoms with Crippen molar-refractivity contribution in [2.75, 3.05) is 7.11 Å². The summed E-state index contributed by atoms with van der Waals surface area (Å²) in [6.07, 6.45) is 1.61. The molecule has 1 aliphatic carbocycles. The fourth-order valence-corrected chi connectivity index (χ4v) is 2.13. The smallest absolute Gasteiger partial charge is 0.323 e. The van der Waals surface area contributed by atoms with Gasteiger partial charge in [-0.2, -0.15) is 0 Å². The third kappa shape index (κ3) is 1.55. The van der Waals surface area contributed by atoms with E-state index in [4.69, 9.17) is 5.73 Å². The van der Waals surface area contributed by atoms with Crippen LogP contribution in [0.2, 0.25) is 0 Å². The number of carbonyl (C=O) groups excluding carboxylic acids is 1. The summed E-state index contributed by atoms with van der Waals surface area (Å²) in [5, 5.41) is 9.78. The lowest BCUT2D eigenvalue weighted by Crippen LogP contribution is -2.42. The summed E-state index contributed by atoms with van der Waals surface area (Å²) < 4.78 is 4.65. The van der Waals surface area contributed by atoms with Gasteiger partial charge in [0.05, 0.1) is 7.11 Å². The lowest BCUT2D eigenvalue weighted by atomic mass is 9.88. The molecule has 0 aromatic heterocycles. The number of nitrogens with two attached hydrogens (primary N) is 1. The Kier molecular flexibility index (Phi) is 2.59. The lowest BCUT2D eigenvalue weighted by molar-refractivity contribution is -0.143. The first kappa shape index (κ1) is 11.0. The molecule has 0 radical (unpaired) electrons. The number of phenolic OH excluding ortho intramolecular Hbond substituents is 1. The van der Waals surface area contributed by atoms with Gasteiger partial charge in [0.1, 0.15) is 11.8 Å². The van der Waals surface area contributed by atoms with Gasteiger partial charge >= 0.3 is 5.97 Å². The number of ether oxygens (including phenoxy) is 1. The van der Waals surface area contributed by atoms with Gasteiger partial charge in [-0.1, -0.05) is 18.2 Å². The van der Waals surface area contributed by atoms with Gasteiger partial charge in [-0.3, -0.25) is 4.79 Å². The van der Waals surface area contributed by atoms with Gasteiger partial charge in [0, 0.05) is 11.0 Å². The van der Waals surface area contributed by atoms with Crippen LogP contribution in [0.5, 0.6) is 5.75 Å². The molecule has 2 rings (SSSR count). The number of para-hydroxylation sites is 1. The number of esters is 1. The van der Waals surface area contributed by atoms with Crippen molar-refractivity contribution >= 4 is 5.97 Å². The zero-order valence-electron chi connectivity index (χ0n) is 9.14. The molecule has 0 amide bonds. The van der Waals surface area contributed by atoms with Crippen molar-refractivity contribution < 1.29 is 14.6 Å². The van der Waals surface area contributed by atoms with Crippen LogP contribution in [0.25, 0.3) is 0 Å². The normalized spacial score (nSPS) is 18.9. The van der Waals surface area contributed by atoms with Crippen LogP contribution in [-0.4, -0.2) is 24.2 Å². The third-order valence-electron chi connectivity index (χ3n) is 3.28. The van der Waals surface area contributed by atoms with Gasteiger partial charge in [-0.05, 0) is 18.9 Å². The van der Waals surface area contributed by atoms with Crippen molar-refractivity contribution in [3.8, 4) is 5.75 Å². The molecule has 3 N–H and O–H groups in total. The Morgan fingerprint density at radius 3 is 2.62 bits per heavy atom. The van der Waals surface area contributed by atoms with Crippen LogP contribution < -0.4 is 5.73 Å². The molecule has 1 unspecified atom stereocenters. The van der Waals surface area contributed by atoms with Crippen LogP contribution in [0.3, 0.4) is 0 Å². The highest BCUT2D eigenvalue weighted by molar-refractivity contribution is 5.79. The minimum absolute atomic E-state index is 0.194. The van der Waals surface area contributed by atoms with Crippen molar-refractivity contribution in [2.24, 2.45) is 5.73 Å². The monoisotopic (exact) mass is 221 g/mol. The fourth-order valence-electron chi connectivity index (χ4n) is 2.13. The van der Waals surface area contributed by atoms with Crippen LogP contribution in [0.15, 0.2) is 24.3 Å². The largest absolute Gasteiger partial charge is 0.508 e. The first-order valence-electron chi connectivity index (χ1n) is 5.24. The Balaban J connectivity index is 2.33. The first-order chi connectivity index (χ1) is 7.62. The summed E-state index contributed by atoms with van der Waals surface area (Å²) in [7, 11) is 1.32. The molecule has 1 atom stereocenters. The van der Waals surface area contributed by atoms with Crippen LogP contribution >= 0.6 is 0 Å². The molecule has 1 saturated carbocycles. The Hall–Kier alpha value is -1.55. The molecular weight excluding hydrogens is 206 g/mol. The van der Waals surface area contributed by atoms with E-state index < -0.39 is 17.4 Å². The number of rotatable bonds is 3. The van der Waals surface area contributed by atoms with Crippen LogP contribution in [-0.2, 0) is 14.9 Å². The molecular formula is C12H15NO3. The molecule has 0 spiro atoms. The Morgan fingerprint density at radius 1 is 1.50 bits per heavy atom. The van der Waals surface area contributed by atoms with Gasteiger partial charge in [0.2, 0.25) is 0 Å². The Labute approximate surface area is 94.0 Å². The maximum atomic E-state index is 11.5. The van der Waals surface area contributed by atoms with Crippen molar-refractivity contribution in [3.05, 3.63) is 29.8 Å². The molecule has 0 heterocycles. The number of benzene rings is 1. The molecule has 1 aromatic rings. The highest BCUT2D eigenvalue weighted by Gasteiger charge is 2.53. The number of methoxy groups -OCH3 is 1. The zero-order valence-corrected chi connectivity index (χ0v) is 9.14. The van der Waals surface area contributed by atoms with E-state index in [-0.39, 0.29) is 5.75 Å². The summed E-state index contributed by atoms with van der Waals surface area (Å²) in [5.74, 6) is -0.236. The standard InChI is InChI=1S/C12H15NO3/c1-16-11(15)10(13)12(6-7-12)8-4-2-3-5-9(8)14/h2-5,10,14H,6-7,13H2,1H3. The highest BCUT2D eigenvalue weighted by atomic mass is 16.5. The van der Waals surface area contributed by atoms with E-state index in [0.29, 0.717) is 0 Å². The van der Waals surface area contributed by atoms with Crippen molar-refractivity contribution in [3.63, 3.8) is 0 Å². The number of aromatic hydroxyl groups is 1. The predicted molar refractivity (Wildman–Crippen MR) is 59.0 cm³/mol. The van der Waals surface area contributed by atoms with Crippen LogP contribution in [0, 0.1) is 0 Å². The van der Waals surface area contributed by atoms with Gasteiger partial charge < -0.3 is 15.6 Å². The summed E-state index contributed by atoms with van der Waals surface area (Å²) in [4.78, 5) is 11.5. The van der Waals surface area contributed by atoms with Gasteiger partial charge in [0.25, 0.3) is 0 Å². The second kappa shape index (κ2) is 3.79. The lowest BCUT2D eigenvalue weighted by Gasteiger charge is -2.22. The third-order valence-corrected chi connectivity index (χ3v) is 3.28. The molecule has 1 aliphatic rings. The van der Waals surface area contributed by atoms with E-state index in [2.05, 4.69) is 4.74 Å². The second-order valence-electron chi connectivity index (χ2n) is 4.17. The van der Waals surface area contributed by atoms with E-state index in [0.717, 1.165) is 18.4 Å². The van der Waals surface area contributed by atoms with Crippen molar-refractivity contribution in [1.82, 2.24) is 0 Å². The fraction of sp³-hybridized carbons (Fsp3) is 0.417. The van der Waals surface area contributed by atoms with Crippen molar-refractivity contribution in [1.29, 1.82) is 0 Å². The number of hydrogen-bond donors (Lipinski definition) is 2. The summed E-state index contributed by atoms with van der Waals surface area (Å²) in [5.41, 5.74) is 6.19. The van der Waals surface area contributed by atoms with Crippen molar-refractivity contribution in [2.45, 2.75) is 24.3 Å². The van der Waals surface area contributed by atoms with E-state index in [1.165, 1.54) is 7.11 Å². The predicted octanol–water partition coefficient (Wildman–Crippen LogP) is 0.924. The molecule has 1 fully saturated rings. The Morgan fingerprint density at radius 2 is 2.12 bits per heavy atom. The second-order valence-corrected chi connectivity index (χ2v) is 4.17. The highest BCUT2D eigenvalue weighted by Crippen LogP contribution is 2.53. The number of carbonyl (C=O) groups is 1. The molecule has 0 saturated heterocycles. The maximum Gasteiger partial charge on any atom is 0.323 e. The molecule has 0 aliphatic heterocycles. The zero-order chi connectivity index (χ0) is 11.8. The summed E-state index contributed by atoms with van der Waals surface area (Å²) >= 11 is 0. The minimum Gasteiger partial charge on any atom is -0.508 e. The van der Waals surface area contributed by atoms with Crippen LogP contribution in [0.1, 0.15) is 18.4 Å². The minimum atomic E-state index is -0.703.